The number of ketones is 1. The van der Waals surface area contributed by atoms with E-state index in [0.717, 1.165) is 6.08 Å². The second kappa shape index (κ2) is 4.92. The van der Waals surface area contributed by atoms with Crippen LogP contribution in [0.15, 0.2) is 11.8 Å². The lowest BCUT2D eigenvalue weighted by molar-refractivity contribution is -0.114. The van der Waals surface area contributed by atoms with Crippen molar-refractivity contribution in [3.8, 4) is 0 Å². The molecular weight excluding hydrogens is 226 g/mol. The maximum Gasteiger partial charge on any atom is 0.252 e. The summed E-state index contributed by atoms with van der Waals surface area (Å²) in [4.78, 5) is 10.9. The summed E-state index contributed by atoms with van der Waals surface area (Å²) in [6.45, 7) is -0.414. The van der Waals surface area contributed by atoms with Gasteiger partial charge in [-0.2, -0.15) is 0 Å². The SMILES string of the molecule is CO/C(=C\C(=O)C(Cl)(Cl)Cl)CO. The van der Waals surface area contributed by atoms with Gasteiger partial charge in [-0.3, -0.25) is 4.79 Å². The molecule has 0 heterocycles. The number of ether oxygens (including phenoxy) is 1. The van der Waals surface area contributed by atoms with Crippen LogP contribution < -0.4 is 0 Å². The van der Waals surface area contributed by atoms with E-state index in [-0.39, 0.29) is 5.76 Å². The zero-order chi connectivity index (χ0) is 9.78. The summed E-state index contributed by atoms with van der Waals surface area (Å²) in [6, 6.07) is 0. The first-order chi connectivity index (χ1) is 5.41. The molecule has 0 aromatic rings. The second-order valence-electron chi connectivity index (χ2n) is 1.83. The molecule has 6 heteroatoms. The monoisotopic (exact) mass is 232 g/mol. The minimum absolute atomic E-state index is 0.0475. The number of hydrogen-bond acceptors (Lipinski definition) is 3. The van der Waals surface area contributed by atoms with Gasteiger partial charge in [0, 0.05) is 6.08 Å². The number of aliphatic hydroxyl groups excluding tert-OH is 1. The normalized spacial score (nSPS) is 12.9. The maximum absolute atomic E-state index is 10.9. The molecule has 0 aliphatic rings. The number of carbonyl (C=O) groups excluding carboxylic acids is 1. The zero-order valence-corrected chi connectivity index (χ0v) is 8.45. The van der Waals surface area contributed by atoms with Crippen molar-refractivity contribution in [1.29, 1.82) is 0 Å². The van der Waals surface area contributed by atoms with Crippen LogP contribution >= 0.6 is 34.8 Å². The number of alkyl halides is 3. The van der Waals surface area contributed by atoms with Crippen molar-refractivity contribution < 1.29 is 14.6 Å². The molecular formula is C6H7Cl3O3. The number of halogens is 3. The highest BCUT2D eigenvalue weighted by Gasteiger charge is 2.28. The summed E-state index contributed by atoms with van der Waals surface area (Å²) in [6.07, 6.45) is 0.938. The summed E-state index contributed by atoms with van der Waals surface area (Å²) in [5.74, 6) is -0.704. The number of carbonyl (C=O) groups is 1. The molecule has 70 valence electrons. The quantitative estimate of drug-likeness (QED) is 0.456. The highest BCUT2D eigenvalue weighted by molar-refractivity contribution is 6.77. The van der Waals surface area contributed by atoms with Gasteiger partial charge in [0.15, 0.2) is 0 Å². The third-order valence-electron chi connectivity index (χ3n) is 0.989. The van der Waals surface area contributed by atoms with E-state index in [1.54, 1.807) is 0 Å². The molecule has 0 aromatic heterocycles. The summed E-state index contributed by atoms with van der Waals surface area (Å²) < 4.78 is 2.58. The van der Waals surface area contributed by atoms with Gasteiger partial charge in [-0.15, -0.1) is 0 Å². The lowest BCUT2D eigenvalue weighted by atomic mass is 10.3. The average Bonchev–Trinajstić information content (AvgIpc) is 1.97. The molecule has 1 N–H and O–H groups in total. The van der Waals surface area contributed by atoms with Crippen LogP contribution in [0.5, 0.6) is 0 Å². The molecule has 0 atom stereocenters. The van der Waals surface area contributed by atoms with Crippen molar-refractivity contribution in [2.75, 3.05) is 13.7 Å². The smallest absolute Gasteiger partial charge is 0.252 e. The Morgan fingerprint density at radius 1 is 1.58 bits per heavy atom. The lowest BCUT2D eigenvalue weighted by Crippen LogP contribution is -2.17. The fourth-order valence-corrected chi connectivity index (χ4v) is 0.561. The Kier molecular flexibility index (Phi) is 4.94. The highest BCUT2D eigenvalue weighted by atomic mass is 35.6. The van der Waals surface area contributed by atoms with Crippen molar-refractivity contribution in [3.05, 3.63) is 11.8 Å². The molecule has 0 rings (SSSR count). The summed E-state index contributed by atoms with van der Waals surface area (Å²) in [5, 5.41) is 8.57. The molecule has 12 heavy (non-hydrogen) atoms. The largest absolute Gasteiger partial charge is 0.499 e. The van der Waals surface area contributed by atoms with Crippen LogP contribution in [0, 0.1) is 0 Å². The molecule has 0 aliphatic heterocycles. The number of allylic oxidation sites excluding steroid dienone is 1. The summed E-state index contributed by atoms with van der Waals surface area (Å²) >= 11 is 15.7. The number of hydrogen-bond donors (Lipinski definition) is 1. The molecule has 0 fully saturated rings. The fraction of sp³-hybridized carbons (Fsp3) is 0.500. The second-order valence-corrected chi connectivity index (χ2v) is 4.12. The first-order valence-electron chi connectivity index (χ1n) is 2.88. The van der Waals surface area contributed by atoms with E-state index >= 15 is 0 Å². The van der Waals surface area contributed by atoms with Crippen LogP contribution in [-0.2, 0) is 9.53 Å². The zero-order valence-electron chi connectivity index (χ0n) is 6.18. The van der Waals surface area contributed by atoms with E-state index in [9.17, 15) is 4.79 Å². The maximum atomic E-state index is 10.9. The lowest BCUT2D eigenvalue weighted by Gasteiger charge is -2.06. The topological polar surface area (TPSA) is 46.5 Å². The molecule has 0 aromatic carbocycles. The Hall–Kier alpha value is 0.0400. The Labute approximate surface area is 84.9 Å². The van der Waals surface area contributed by atoms with Crippen molar-refractivity contribution >= 4 is 40.6 Å². The van der Waals surface area contributed by atoms with E-state index in [2.05, 4.69) is 4.74 Å². The molecule has 0 saturated heterocycles. The number of rotatable bonds is 3. The molecule has 0 saturated carbocycles. The van der Waals surface area contributed by atoms with Gasteiger partial charge < -0.3 is 9.84 Å². The van der Waals surface area contributed by atoms with Crippen LogP contribution in [0.3, 0.4) is 0 Å². The molecule has 0 unspecified atom stereocenters. The average molecular weight is 233 g/mol. The molecule has 0 bridgehead atoms. The van der Waals surface area contributed by atoms with Crippen LogP contribution in [-0.4, -0.2) is 28.4 Å². The summed E-state index contributed by atoms with van der Waals surface area (Å²) in [7, 11) is 1.30. The number of aliphatic hydroxyl groups is 1. The van der Waals surface area contributed by atoms with E-state index < -0.39 is 16.2 Å². The predicted octanol–water partition coefficient (Wildman–Crippen LogP) is 1.45. The van der Waals surface area contributed by atoms with Gasteiger partial charge in [0.05, 0.1) is 7.11 Å². The Balaban J connectivity index is 4.42. The van der Waals surface area contributed by atoms with E-state index in [1.165, 1.54) is 7.11 Å². The molecule has 0 amide bonds. The molecule has 0 radical (unpaired) electrons. The van der Waals surface area contributed by atoms with Gasteiger partial charge in [0.2, 0.25) is 5.78 Å². The van der Waals surface area contributed by atoms with Crippen molar-refractivity contribution in [3.63, 3.8) is 0 Å². The van der Waals surface area contributed by atoms with Gasteiger partial charge >= 0.3 is 0 Å². The highest BCUT2D eigenvalue weighted by Crippen LogP contribution is 2.27. The molecule has 0 spiro atoms. The fourth-order valence-electron chi connectivity index (χ4n) is 0.397. The van der Waals surface area contributed by atoms with Crippen LogP contribution in [0.1, 0.15) is 0 Å². The van der Waals surface area contributed by atoms with Crippen molar-refractivity contribution in [2.45, 2.75) is 3.79 Å². The van der Waals surface area contributed by atoms with Gasteiger partial charge in [0.1, 0.15) is 12.4 Å². The van der Waals surface area contributed by atoms with Gasteiger partial charge in [-0.25, -0.2) is 0 Å². The predicted molar refractivity (Wildman–Crippen MR) is 47.5 cm³/mol. The van der Waals surface area contributed by atoms with Crippen molar-refractivity contribution in [1.82, 2.24) is 0 Å². The Morgan fingerprint density at radius 3 is 2.33 bits per heavy atom. The van der Waals surface area contributed by atoms with E-state index in [1.807, 2.05) is 0 Å². The molecule has 0 aliphatic carbocycles. The van der Waals surface area contributed by atoms with Crippen LogP contribution in [0.2, 0.25) is 0 Å². The third-order valence-corrected chi connectivity index (χ3v) is 1.55. The number of methoxy groups -OCH3 is 1. The minimum Gasteiger partial charge on any atom is -0.499 e. The Bertz CT molecular complexity index is 189. The van der Waals surface area contributed by atoms with Gasteiger partial charge in [0.25, 0.3) is 3.79 Å². The first-order valence-corrected chi connectivity index (χ1v) is 4.01. The standard InChI is InChI=1S/C6H7Cl3O3/c1-12-4(3-10)2-5(11)6(7,8)9/h2,10H,3H2,1H3/b4-2-. The minimum atomic E-state index is -2.00. The molecule has 3 nitrogen and oxygen atoms in total. The Morgan fingerprint density at radius 2 is 2.08 bits per heavy atom. The van der Waals surface area contributed by atoms with Crippen LogP contribution in [0.25, 0.3) is 0 Å². The van der Waals surface area contributed by atoms with E-state index in [0.29, 0.717) is 0 Å². The third kappa shape index (κ3) is 4.16. The first kappa shape index (κ1) is 12.0. The van der Waals surface area contributed by atoms with Gasteiger partial charge in [-0.1, -0.05) is 34.8 Å². The van der Waals surface area contributed by atoms with E-state index in [4.69, 9.17) is 39.9 Å². The van der Waals surface area contributed by atoms with Crippen LogP contribution in [0.4, 0.5) is 0 Å². The van der Waals surface area contributed by atoms with Gasteiger partial charge in [-0.05, 0) is 0 Å². The summed E-state index contributed by atoms with van der Waals surface area (Å²) in [5.41, 5.74) is 0. The van der Waals surface area contributed by atoms with Crippen molar-refractivity contribution in [2.24, 2.45) is 0 Å².